The molecule has 3 rings (SSSR count). The summed E-state index contributed by atoms with van der Waals surface area (Å²) in [5, 5.41) is 4.85. The van der Waals surface area contributed by atoms with Crippen molar-refractivity contribution in [2.45, 2.75) is 43.8 Å². The summed E-state index contributed by atoms with van der Waals surface area (Å²) >= 11 is 5.79. The lowest BCUT2D eigenvalue weighted by Crippen LogP contribution is -2.44. The fraction of sp³-hybridized carbons (Fsp3) is 0.471. The van der Waals surface area contributed by atoms with Crippen LogP contribution in [0.1, 0.15) is 37.7 Å². The highest BCUT2D eigenvalue weighted by molar-refractivity contribution is 6.33. The molecule has 4 amide bonds. The number of nitrogens with one attached hydrogen (secondary N) is 2. The van der Waals surface area contributed by atoms with Gasteiger partial charge in [-0.3, -0.25) is 14.5 Å². The molecule has 1 aromatic rings. The van der Waals surface area contributed by atoms with Crippen molar-refractivity contribution in [1.29, 1.82) is 0 Å². The zero-order valence-corrected chi connectivity index (χ0v) is 14.9. The molecule has 1 saturated heterocycles. The number of anilines is 1. The summed E-state index contributed by atoms with van der Waals surface area (Å²) in [5.41, 5.74) is -1.74. The van der Waals surface area contributed by atoms with E-state index in [1.807, 2.05) is 0 Å². The molecule has 0 atom stereocenters. The molecule has 6 nitrogen and oxygen atoms in total. The molecule has 146 valence electrons. The molecule has 27 heavy (non-hydrogen) atoms. The lowest BCUT2D eigenvalue weighted by atomic mass is 9.98. The minimum atomic E-state index is -4.54. The minimum absolute atomic E-state index is 0.0270. The van der Waals surface area contributed by atoms with Crippen molar-refractivity contribution in [3.8, 4) is 0 Å². The standard InChI is InChI=1S/C17H17ClF3N3O3/c18-11-9-10(17(19,20)21)3-4-12(11)22-13(25)5-8-24-14(26)16(23-15(24)27)6-1-2-7-16/h3-4,9H,1-2,5-8H2,(H,22,25)(H,23,27). The molecule has 0 bridgehead atoms. The van der Waals surface area contributed by atoms with Crippen LogP contribution >= 0.6 is 11.6 Å². The normalized spacial score (nSPS) is 18.9. The minimum Gasteiger partial charge on any atom is -0.325 e. The van der Waals surface area contributed by atoms with E-state index in [-0.39, 0.29) is 29.6 Å². The Morgan fingerprint density at radius 2 is 1.93 bits per heavy atom. The van der Waals surface area contributed by atoms with Crippen molar-refractivity contribution in [3.05, 3.63) is 28.8 Å². The third-order valence-corrected chi connectivity index (χ3v) is 5.15. The van der Waals surface area contributed by atoms with Gasteiger partial charge in [-0.25, -0.2) is 4.79 Å². The van der Waals surface area contributed by atoms with E-state index in [2.05, 4.69) is 10.6 Å². The average Bonchev–Trinajstić information content (AvgIpc) is 3.13. The number of hydrogen-bond donors (Lipinski definition) is 2. The van der Waals surface area contributed by atoms with E-state index in [1.165, 1.54) is 0 Å². The number of amides is 4. The van der Waals surface area contributed by atoms with Gasteiger partial charge in [0, 0.05) is 13.0 Å². The molecule has 1 aliphatic carbocycles. The van der Waals surface area contributed by atoms with Crippen molar-refractivity contribution in [2.75, 3.05) is 11.9 Å². The Morgan fingerprint density at radius 3 is 2.52 bits per heavy atom. The first-order valence-corrected chi connectivity index (χ1v) is 8.81. The largest absolute Gasteiger partial charge is 0.416 e. The van der Waals surface area contributed by atoms with Gasteiger partial charge in [-0.2, -0.15) is 13.2 Å². The second-order valence-electron chi connectivity index (χ2n) is 6.67. The lowest BCUT2D eigenvalue weighted by molar-refractivity contribution is -0.137. The topological polar surface area (TPSA) is 78.5 Å². The average molecular weight is 404 g/mol. The lowest BCUT2D eigenvalue weighted by Gasteiger charge is -2.20. The van der Waals surface area contributed by atoms with E-state index >= 15 is 0 Å². The van der Waals surface area contributed by atoms with E-state index in [9.17, 15) is 27.6 Å². The molecule has 1 saturated carbocycles. The highest BCUT2D eigenvalue weighted by Crippen LogP contribution is 2.35. The number of carbonyl (C=O) groups is 3. The van der Waals surface area contributed by atoms with Gasteiger partial charge >= 0.3 is 12.2 Å². The molecule has 2 N–H and O–H groups in total. The fourth-order valence-electron chi connectivity index (χ4n) is 3.42. The van der Waals surface area contributed by atoms with Gasteiger partial charge in [0.05, 0.1) is 16.3 Å². The molecular weight excluding hydrogens is 387 g/mol. The van der Waals surface area contributed by atoms with E-state index in [4.69, 9.17) is 11.6 Å². The maximum Gasteiger partial charge on any atom is 0.416 e. The maximum absolute atomic E-state index is 12.6. The Balaban J connectivity index is 1.59. The Hall–Kier alpha value is -2.29. The van der Waals surface area contributed by atoms with Crippen LogP contribution in [0.2, 0.25) is 5.02 Å². The molecule has 0 aromatic heterocycles. The smallest absolute Gasteiger partial charge is 0.325 e. The molecule has 2 fully saturated rings. The number of rotatable bonds is 4. The van der Waals surface area contributed by atoms with E-state index in [0.29, 0.717) is 12.8 Å². The number of alkyl halides is 3. The Labute approximate surface area is 158 Å². The summed E-state index contributed by atoms with van der Waals surface area (Å²) in [7, 11) is 0. The third kappa shape index (κ3) is 3.87. The third-order valence-electron chi connectivity index (χ3n) is 4.84. The van der Waals surface area contributed by atoms with Gasteiger partial charge in [0.1, 0.15) is 5.54 Å². The zero-order valence-electron chi connectivity index (χ0n) is 14.2. The molecule has 0 unspecified atom stereocenters. The van der Waals surface area contributed by atoms with Gasteiger partial charge < -0.3 is 10.6 Å². The Morgan fingerprint density at radius 1 is 1.26 bits per heavy atom. The van der Waals surface area contributed by atoms with Gasteiger partial charge in [0.25, 0.3) is 5.91 Å². The van der Waals surface area contributed by atoms with E-state index in [0.717, 1.165) is 35.9 Å². The summed E-state index contributed by atoms with van der Waals surface area (Å²) < 4.78 is 37.9. The zero-order chi connectivity index (χ0) is 19.8. The number of nitrogens with zero attached hydrogens (tertiary/aromatic N) is 1. The Kier molecular flexibility index (Phi) is 5.07. The molecule has 2 aliphatic rings. The van der Waals surface area contributed by atoms with Crippen LogP contribution in [0.4, 0.5) is 23.7 Å². The number of benzene rings is 1. The quantitative estimate of drug-likeness (QED) is 0.755. The molecule has 1 aliphatic heterocycles. The first-order valence-electron chi connectivity index (χ1n) is 8.43. The summed E-state index contributed by atoms with van der Waals surface area (Å²) in [6, 6.07) is 2.06. The van der Waals surface area contributed by atoms with Gasteiger partial charge in [0.15, 0.2) is 0 Å². The number of carbonyl (C=O) groups excluding carboxylic acids is 3. The second-order valence-corrected chi connectivity index (χ2v) is 7.07. The number of halogens is 4. The summed E-state index contributed by atoms with van der Waals surface area (Å²) in [6.45, 7) is -0.115. The van der Waals surface area contributed by atoms with Crippen LogP contribution in [0.25, 0.3) is 0 Å². The number of imide groups is 1. The first kappa shape index (κ1) is 19.5. The van der Waals surface area contributed by atoms with Crippen LogP contribution in [0, 0.1) is 0 Å². The number of urea groups is 1. The highest BCUT2D eigenvalue weighted by atomic mass is 35.5. The summed E-state index contributed by atoms with van der Waals surface area (Å²) in [5.74, 6) is -0.894. The molecule has 10 heteroatoms. The van der Waals surface area contributed by atoms with Crippen LogP contribution in [0.3, 0.4) is 0 Å². The predicted molar refractivity (Wildman–Crippen MR) is 91.1 cm³/mol. The van der Waals surface area contributed by atoms with E-state index < -0.39 is 29.2 Å². The van der Waals surface area contributed by atoms with Crippen molar-refractivity contribution in [1.82, 2.24) is 10.2 Å². The first-order chi connectivity index (χ1) is 12.6. The monoisotopic (exact) mass is 403 g/mol. The second kappa shape index (κ2) is 7.03. The predicted octanol–water partition coefficient (Wildman–Crippen LogP) is 3.55. The molecule has 1 aromatic carbocycles. The fourth-order valence-corrected chi connectivity index (χ4v) is 3.64. The van der Waals surface area contributed by atoms with Crippen LogP contribution in [-0.4, -0.2) is 34.8 Å². The van der Waals surface area contributed by atoms with Crippen LogP contribution in [-0.2, 0) is 15.8 Å². The summed E-state index contributed by atoms with van der Waals surface area (Å²) in [4.78, 5) is 37.6. The maximum atomic E-state index is 12.6. The Bertz CT molecular complexity index is 791. The van der Waals surface area contributed by atoms with Crippen molar-refractivity contribution >= 4 is 35.1 Å². The van der Waals surface area contributed by atoms with Crippen molar-refractivity contribution in [2.24, 2.45) is 0 Å². The molecule has 1 heterocycles. The van der Waals surface area contributed by atoms with Crippen LogP contribution in [0.5, 0.6) is 0 Å². The SMILES string of the molecule is O=C(CCN1C(=O)NC2(CCCC2)C1=O)Nc1ccc(C(F)(F)F)cc1Cl. The number of hydrogen-bond acceptors (Lipinski definition) is 3. The molecule has 0 radical (unpaired) electrons. The van der Waals surface area contributed by atoms with Gasteiger partial charge in [0.2, 0.25) is 5.91 Å². The van der Waals surface area contributed by atoms with Crippen molar-refractivity contribution in [3.63, 3.8) is 0 Å². The summed E-state index contributed by atoms with van der Waals surface area (Å²) in [6.07, 6.45) is -1.85. The van der Waals surface area contributed by atoms with Gasteiger partial charge in [-0.15, -0.1) is 0 Å². The van der Waals surface area contributed by atoms with E-state index in [1.54, 1.807) is 0 Å². The van der Waals surface area contributed by atoms with Crippen LogP contribution in [0.15, 0.2) is 18.2 Å². The van der Waals surface area contributed by atoms with Gasteiger partial charge in [-0.05, 0) is 31.0 Å². The van der Waals surface area contributed by atoms with Gasteiger partial charge in [-0.1, -0.05) is 24.4 Å². The van der Waals surface area contributed by atoms with Crippen LogP contribution < -0.4 is 10.6 Å². The van der Waals surface area contributed by atoms with Crippen molar-refractivity contribution < 1.29 is 27.6 Å². The highest BCUT2D eigenvalue weighted by Gasteiger charge is 2.52. The molecular formula is C17H17ClF3N3O3. The molecule has 1 spiro atoms.